The molecule has 0 saturated heterocycles. The quantitative estimate of drug-likeness (QED) is 0.409. The number of pyridine rings is 3. The first-order valence-electron chi connectivity index (χ1n) is 9.58. The molecule has 0 radical (unpaired) electrons. The topological polar surface area (TPSA) is 140 Å². The maximum atomic E-state index is 5.88. The van der Waals surface area contributed by atoms with Crippen molar-refractivity contribution in [1.82, 2.24) is 44.7 Å². The second-order valence-corrected chi connectivity index (χ2v) is 7.21. The molecule has 0 saturated carbocycles. The van der Waals surface area contributed by atoms with E-state index in [2.05, 4.69) is 30.1 Å². The molecule has 0 aliphatic rings. The van der Waals surface area contributed by atoms with E-state index < -0.39 is 0 Å². The van der Waals surface area contributed by atoms with Crippen LogP contribution in [0.2, 0.25) is 0 Å². The number of H-pyrrole nitrogens is 2. The molecule has 6 aromatic heterocycles. The number of nitrogens with two attached hydrogens (primary N) is 1. The average molecular weight is 408 g/mol. The van der Waals surface area contributed by atoms with Gasteiger partial charge in [0.2, 0.25) is 0 Å². The van der Waals surface area contributed by atoms with Gasteiger partial charge >= 0.3 is 0 Å². The smallest absolute Gasteiger partial charge is 0.166 e. The van der Waals surface area contributed by atoms with Crippen molar-refractivity contribution < 1.29 is 0 Å². The second kappa shape index (κ2) is 6.46. The van der Waals surface area contributed by atoms with Gasteiger partial charge in [-0.25, -0.2) is 19.9 Å². The van der Waals surface area contributed by atoms with Gasteiger partial charge in [0.25, 0.3) is 0 Å². The lowest BCUT2D eigenvalue weighted by atomic mass is 10.1. The molecule has 10 heteroatoms. The first-order chi connectivity index (χ1) is 15.2. The van der Waals surface area contributed by atoms with Gasteiger partial charge in [-0.2, -0.15) is 5.10 Å². The summed E-state index contributed by atoms with van der Waals surface area (Å²) in [5.74, 6) is 1.29. The van der Waals surface area contributed by atoms with E-state index in [1.54, 1.807) is 24.9 Å². The monoisotopic (exact) mass is 408 g/mol. The zero-order valence-electron chi connectivity index (χ0n) is 16.4. The van der Waals surface area contributed by atoms with Gasteiger partial charge in [-0.15, -0.1) is 0 Å². The molecule has 0 spiro atoms. The van der Waals surface area contributed by atoms with E-state index in [-0.39, 0.29) is 0 Å². The molecule has 6 heterocycles. The zero-order chi connectivity index (χ0) is 20.9. The summed E-state index contributed by atoms with van der Waals surface area (Å²) in [5, 5.41) is 7.49. The van der Waals surface area contributed by atoms with Gasteiger partial charge in [0.05, 0.1) is 28.1 Å². The van der Waals surface area contributed by atoms with Gasteiger partial charge in [-0.05, 0) is 31.2 Å². The first-order valence-corrected chi connectivity index (χ1v) is 9.58. The minimum Gasteiger partial charge on any atom is -0.397 e. The number of hydrogen-bond donors (Lipinski definition) is 3. The molecule has 0 aliphatic heterocycles. The fraction of sp³-hybridized carbons (Fsp3) is 0.0476. The van der Waals surface area contributed by atoms with E-state index in [0.717, 1.165) is 33.5 Å². The number of aryl methyl sites for hydroxylation is 1. The van der Waals surface area contributed by atoms with Crippen LogP contribution in [-0.4, -0.2) is 44.7 Å². The van der Waals surface area contributed by atoms with Crippen LogP contribution in [0, 0.1) is 6.92 Å². The predicted molar refractivity (Wildman–Crippen MR) is 116 cm³/mol. The number of nitrogens with zero attached hydrogens (tertiary/aromatic N) is 7. The Kier molecular flexibility index (Phi) is 3.60. The number of aromatic nitrogens is 9. The molecule has 6 rings (SSSR count). The molecule has 0 unspecified atom stereocenters. The minimum atomic E-state index is 0.582. The Morgan fingerprint density at radius 3 is 2.77 bits per heavy atom. The van der Waals surface area contributed by atoms with Crippen molar-refractivity contribution in [2.24, 2.45) is 0 Å². The standard InChI is InChI=1S/C21H16N10/c1-11-9-31(10-25-11)21-18-15(4-5-24-21)27-20(28-18)19-17-16(29-30-19)3-2-14(26-17)12-6-13(22)8-23-7-12/h2-10H,22H2,1H3,(H,27,28)(H,29,30). The highest BCUT2D eigenvalue weighted by Gasteiger charge is 2.17. The Hall–Kier alpha value is -4.60. The largest absolute Gasteiger partial charge is 0.397 e. The Labute approximate surface area is 175 Å². The molecule has 0 atom stereocenters. The third-order valence-electron chi connectivity index (χ3n) is 5.03. The lowest BCUT2D eigenvalue weighted by molar-refractivity contribution is 1.00. The molecular weight excluding hydrogens is 392 g/mol. The van der Waals surface area contributed by atoms with Crippen LogP contribution in [0.5, 0.6) is 0 Å². The van der Waals surface area contributed by atoms with E-state index in [4.69, 9.17) is 15.7 Å². The van der Waals surface area contributed by atoms with Gasteiger partial charge in [0.15, 0.2) is 17.3 Å². The zero-order valence-corrected chi connectivity index (χ0v) is 16.4. The third-order valence-corrected chi connectivity index (χ3v) is 5.03. The Bertz CT molecular complexity index is 1570. The van der Waals surface area contributed by atoms with Crippen molar-refractivity contribution in [2.75, 3.05) is 5.73 Å². The molecule has 6 aromatic rings. The number of rotatable bonds is 3. The highest BCUT2D eigenvalue weighted by Crippen LogP contribution is 2.29. The van der Waals surface area contributed by atoms with Gasteiger partial charge in [0, 0.05) is 30.4 Å². The molecule has 0 amide bonds. The highest BCUT2D eigenvalue weighted by atomic mass is 15.2. The molecule has 0 aromatic carbocycles. The van der Waals surface area contributed by atoms with Gasteiger partial charge in [0.1, 0.15) is 17.4 Å². The SMILES string of the molecule is Cc1cn(-c2nccc3[nH]c(-c4n[nH]c5ccc(-c6cncc(N)c6)nc45)nc23)cn1. The maximum absolute atomic E-state index is 5.88. The molecule has 150 valence electrons. The van der Waals surface area contributed by atoms with Crippen LogP contribution in [0.1, 0.15) is 5.69 Å². The number of hydrogen-bond acceptors (Lipinski definition) is 7. The Morgan fingerprint density at radius 2 is 1.94 bits per heavy atom. The van der Waals surface area contributed by atoms with Gasteiger partial charge < -0.3 is 10.7 Å². The summed E-state index contributed by atoms with van der Waals surface area (Å²) in [7, 11) is 0. The number of imidazole rings is 2. The summed E-state index contributed by atoms with van der Waals surface area (Å²) < 4.78 is 1.86. The first kappa shape index (κ1) is 17.3. The van der Waals surface area contributed by atoms with Crippen LogP contribution in [0.4, 0.5) is 5.69 Å². The number of fused-ring (bicyclic) bond motifs is 2. The van der Waals surface area contributed by atoms with E-state index >= 15 is 0 Å². The van der Waals surface area contributed by atoms with Crippen molar-refractivity contribution in [3.05, 3.63) is 61.1 Å². The summed E-state index contributed by atoms with van der Waals surface area (Å²) in [4.78, 5) is 25.8. The molecule has 0 fully saturated rings. The predicted octanol–water partition coefficient (Wildman–Crippen LogP) is 3.03. The summed E-state index contributed by atoms with van der Waals surface area (Å²) in [6, 6.07) is 7.56. The van der Waals surface area contributed by atoms with E-state index in [1.165, 1.54) is 0 Å². The molecule has 0 aliphatic carbocycles. The van der Waals surface area contributed by atoms with Crippen LogP contribution < -0.4 is 5.73 Å². The van der Waals surface area contributed by atoms with Crippen LogP contribution in [0.15, 0.2) is 55.4 Å². The maximum Gasteiger partial charge on any atom is 0.166 e. The summed E-state index contributed by atoms with van der Waals surface area (Å²) in [5.41, 5.74) is 12.7. The number of nitrogen functional groups attached to an aromatic ring is 1. The number of nitrogens with one attached hydrogen (secondary N) is 2. The third kappa shape index (κ3) is 2.81. The van der Waals surface area contributed by atoms with Crippen LogP contribution in [0.25, 0.3) is 50.7 Å². The van der Waals surface area contributed by atoms with E-state index in [9.17, 15) is 0 Å². The molecule has 4 N–H and O–H groups in total. The fourth-order valence-corrected chi connectivity index (χ4v) is 3.58. The Balaban J connectivity index is 1.51. The normalized spacial score (nSPS) is 11.5. The highest BCUT2D eigenvalue weighted by molar-refractivity contribution is 5.92. The molecule has 31 heavy (non-hydrogen) atoms. The summed E-state index contributed by atoms with van der Waals surface area (Å²) in [6.45, 7) is 1.93. The van der Waals surface area contributed by atoms with Crippen molar-refractivity contribution in [1.29, 1.82) is 0 Å². The lowest BCUT2D eigenvalue weighted by Crippen LogP contribution is -1.95. The Morgan fingerprint density at radius 1 is 1.00 bits per heavy atom. The van der Waals surface area contributed by atoms with Crippen LogP contribution in [-0.2, 0) is 0 Å². The average Bonchev–Trinajstić information content (AvgIpc) is 3.50. The number of anilines is 1. The van der Waals surface area contributed by atoms with Crippen molar-refractivity contribution in [2.45, 2.75) is 6.92 Å². The van der Waals surface area contributed by atoms with Crippen molar-refractivity contribution in [3.8, 4) is 28.6 Å². The molecule has 10 nitrogen and oxygen atoms in total. The fourth-order valence-electron chi connectivity index (χ4n) is 3.58. The summed E-state index contributed by atoms with van der Waals surface area (Å²) >= 11 is 0. The van der Waals surface area contributed by atoms with Gasteiger partial charge in [-0.3, -0.25) is 14.6 Å². The molecule has 0 bridgehead atoms. The van der Waals surface area contributed by atoms with E-state index in [1.807, 2.05) is 42.0 Å². The minimum absolute atomic E-state index is 0.582. The van der Waals surface area contributed by atoms with E-state index in [0.29, 0.717) is 28.5 Å². The van der Waals surface area contributed by atoms with Crippen molar-refractivity contribution in [3.63, 3.8) is 0 Å². The van der Waals surface area contributed by atoms with Crippen LogP contribution in [0.3, 0.4) is 0 Å². The van der Waals surface area contributed by atoms with Gasteiger partial charge in [-0.1, -0.05) is 0 Å². The second-order valence-electron chi connectivity index (χ2n) is 7.21. The van der Waals surface area contributed by atoms with Crippen LogP contribution >= 0.6 is 0 Å². The molecular formula is C21H16N10. The summed E-state index contributed by atoms with van der Waals surface area (Å²) in [6.07, 6.45) is 8.71. The van der Waals surface area contributed by atoms with Crippen molar-refractivity contribution >= 4 is 27.8 Å². The lowest BCUT2D eigenvalue weighted by Gasteiger charge is -2.02. The number of aromatic amines is 2.